The van der Waals surface area contributed by atoms with Gasteiger partial charge >= 0.3 is 0 Å². The average molecular weight is 248 g/mol. The quantitative estimate of drug-likeness (QED) is 0.618. The maximum Gasteiger partial charge on any atom is 0.124 e. The number of alkyl halides is 4. The molecule has 0 aliphatic heterocycles. The first kappa shape index (κ1) is 9.71. The Labute approximate surface area is 92.5 Å². The Morgan fingerprint density at radius 1 is 0.750 bits per heavy atom. The molecule has 70 valence electrons. The zero-order chi connectivity index (χ0) is 9.31. The Hall–Kier alpha value is 1.16. The molecule has 0 aromatic rings. The lowest BCUT2D eigenvalue weighted by molar-refractivity contribution is 0.609. The van der Waals surface area contributed by atoms with E-state index in [0.717, 1.165) is 0 Å². The summed E-state index contributed by atoms with van der Waals surface area (Å²) in [6.07, 6.45) is 0. The Kier molecular flexibility index (Phi) is 1.93. The van der Waals surface area contributed by atoms with Gasteiger partial charge in [-0.1, -0.05) is 13.8 Å². The van der Waals surface area contributed by atoms with Crippen molar-refractivity contribution >= 4 is 46.4 Å². The summed E-state index contributed by atoms with van der Waals surface area (Å²) >= 11 is 24.1. The normalized spacial score (nSPS) is 53.5. The van der Waals surface area contributed by atoms with E-state index in [1.54, 1.807) is 0 Å². The van der Waals surface area contributed by atoms with Crippen LogP contribution in [0.2, 0.25) is 0 Å². The highest BCUT2D eigenvalue weighted by molar-refractivity contribution is 6.53. The Bertz CT molecular complexity index is 199. The largest absolute Gasteiger partial charge is 0.124 e. The molecule has 0 unspecified atom stereocenters. The van der Waals surface area contributed by atoms with Gasteiger partial charge < -0.3 is 0 Å². The Morgan fingerprint density at radius 3 is 1.00 bits per heavy atom. The van der Waals surface area contributed by atoms with Gasteiger partial charge in [0, 0.05) is 11.8 Å². The minimum absolute atomic E-state index is 0.283. The van der Waals surface area contributed by atoms with E-state index in [9.17, 15) is 0 Å². The lowest BCUT2D eigenvalue weighted by atomic mass is 10.2. The maximum atomic E-state index is 6.03. The molecule has 0 nitrogen and oxygen atoms in total. The third-order valence-corrected chi connectivity index (χ3v) is 5.73. The summed E-state index contributed by atoms with van der Waals surface area (Å²) in [6.45, 7) is 4.08. The summed E-state index contributed by atoms with van der Waals surface area (Å²) in [5, 5.41) is 0. The van der Waals surface area contributed by atoms with E-state index < -0.39 is 8.67 Å². The summed E-state index contributed by atoms with van der Waals surface area (Å²) in [5.74, 6) is 1.22. The second kappa shape index (κ2) is 2.39. The van der Waals surface area contributed by atoms with Crippen molar-refractivity contribution in [2.75, 3.05) is 0 Å². The van der Waals surface area contributed by atoms with Gasteiger partial charge in [0.15, 0.2) is 0 Å². The monoisotopic (exact) mass is 246 g/mol. The lowest BCUT2D eigenvalue weighted by Gasteiger charge is -1.97. The number of hydrogen-bond donors (Lipinski definition) is 0. The van der Waals surface area contributed by atoms with Gasteiger partial charge in [-0.3, -0.25) is 0 Å². The van der Waals surface area contributed by atoms with Gasteiger partial charge in [0.2, 0.25) is 0 Å². The number of hydrogen-bond acceptors (Lipinski definition) is 0. The smallest absolute Gasteiger partial charge is 0.101 e. The van der Waals surface area contributed by atoms with Crippen molar-refractivity contribution in [3.63, 3.8) is 0 Å². The Balaban J connectivity index is 2.08. The molecule has 0 bridgehead atoms. The van der Waals surface area contributed by atoms with Crippen LogP contribution < -0.4 is 0 Å². The molecule has 4 heteroatoms. The van der Waals surface area contributed by atoms with Crippen LogP contribution in [-0.4, -0.2) is 8.67 Å². The molecular formula is C8H10Cl4. The van der Waals surface area contributed by atoms with Crippen LogP contribution in [0.4, 0.5) is 0 Å². The summed E-state index contributed by atoms with van der Waals surface area (Å²) < 4.78 is -1.16. The topological polar surface area (TPSA) is 0 Å². The lowest BCUT2D eigenvalue weighted by Crippen LogP contribution is -1.98. The van der Waals surface area contributed by atoms with Gasteiger partial charge in [0.1, 0.15) is 8.67 Å². The zero-order valence-electron chi connectivity index (χ0n) is 6.82. The number of rotatable bonds is 1. The fourth-order valence-electron chi connectivity index (χ4n) is 2.12. The van der Waals surface area contributed by atoms with Crippen LogP contribution in [-0.2, 0) is 0 Å². The van der Waals surface area contributed by atoms with Gasteiger partial charge in [-0.25, -0.2) is 0 Å². The zero-order valence-corrected chi connectivity index (χ0v) is 9.84. The van der Waals surface area contributed by atoms with E-state index in [0.29, 0.717) is 11.8 Å². The Morgan fingerprint density at radius 2 is 0.917 bits per heavy atom. The molecular weight excluding hydrogens is 238 g/mol. The SMILES string of the molecule is C[C@@H]1[C@@H]([C@H]2[C@H](C)C2(Cl)Cl)C1(Cl)Cl. The van der Waals surface area contributed by atoms with E-state index in [4.69, 9.17) is 46.4 Å². The molecule has 0 N–H and O–H groups in total. The van der Waals surface area contributed by atoms with Crippen molar-refractivity contribution in [1.29, 1.82) is 0 Å². The van der Waals surface area contributed by atoms with Crippen molar-refractivity contribution < 1.29 is 0 Å². The summed E-state index contributed by atoms with van der Waals surface area (Å²) in [6, 6.07) is 0. The van der Waals surface area contributed by atoms with Crippen LogP contribution >= 0.6 is 46.4 Å². The molecule has 0 aromatic heterocycles. The first-order valence-electron chi connectivity index (χ1n) is 4.07. The van der Waals surface area contributed by atoms with Gasteiger partial charge in [0.05, 0.1) is 0 Å². The van der Waals surface area contributed by atoms with Crippen molar-refractivity contribution in [1.82, 2.24) is 0 Å². The molecule has 2 fully saturated rings. The summed E-state index contributed by atoms with van der Waals surface area (Å²) in [7, 11) is 0. The summed E-state index contributed by atoms with van der Waals surface area (Å²) in [5.41, 5.74) is 0. The van der Waals surface area contributed by atoms with Crippen LogP contribution in [0, 0.1) is 23.7 Å². The van der Waals surface area contributed by atoms with E-state index >= 15 is 0 Å². The van der Waals surface area contributed by atoms with Gasteiger partial charge in [-0.15, -0.1) is 46.4 Å². The third kappa shape index (κ3) is 1.05. The molecule has 0 saturated heterocycles. The average Bonchev–Trinajstić information content (AvgIpc) is 2.55. The fraction of sp³-hybridized carbons (Fsp3) is 1.00. The molecule has 0 amide bonds. The van der Waals surface area contributed by atoms with Crippen molar-refractivity contribution in [2.45, 2.75) is 22.5 Å². The highest BCUT2D eigenvalue weighted by Crippen LogP contribution is 2.75. The van der Waals surface area contributed by atoms with E-state index in [1.165, 1.54) is 0 Å². The van der Waals surface area contributed by atoms with Crippen molar-refractivity contribution in [3.8, 4) is 0 Å². The second-order valence-corrected chi connectivity index (χ2v) is 6.87. The minimum Gasteiger partial charge on any atom is -0.101 e. The molecule has 2 rings (SSSR count). The fourth-order valence-corrected chi connectivity index (χ4v) is 3.71. The molecule has 2 saturated carbocycles. The van der Waals surface area contributed by atoms with Crippen LogP contribution in [0.3, 0.4) is 0 Å². The molecule has 0 spiro atoms. The van der Waals surface area contributed by atoms with E-state index in [2.05, 4.69) is 0 Å². The first-order chi connectivity index (χ1) is 5.31. The molecule has 12 heavy (non-hydrogen) atoms. The second-order valence-electron chi connectivity index (χ2n) is 3.98. The predicted octanol–water partition coefficient (Wildman–Crippen LogP) is 3.87. The van der Waals surface area contributed by atoms with Gasteiger partial charge in [-0.05, 0) is 11.8 Å². The molecule has 4 atom stereocenters. The maximum absolute atomic E-state index is 6.03. The summed E-state index contributed by atoms with van der Waals surface area (Å²) in [4.78, 5) is 0. The van der Waals surface area contributed by atoms with Crippen LogP contribution in [0.15, 0.2) is 0 Å². The molecule has 0 radical (unpaired) electrons. The standard InChI is InChI=1S/C8H10Cl4/c1-3-5(7(3,9)10)6-4(2)8(6,11)12/h3-6H,1-2H3/t3-,4+,5+,6-. The van der Waals surface area contributed by atoms with Crippen LogP contribution in [0.5, 0.6) is 0 Å². The van der Waals surface area contributed by atoms with E-state index in [-0.39, 0.29) is 11.8 Å². The van der Waals surface area contributed by atoms with Crippen molar-refractivity contribution in [3.05, 3.63) is 0 Å². The highest BCUT2D eigenvalue weighted by Gasteiger charge is 2.76. The van der Waals surface area contributed by atoms with Gasteiger partial charge in [0.25, 0.3) is 0 Å². The van der Waals surface area contributed by atoms with Crippen molar-refractivity contribution in [2.24, 2.45) is 23.7 Å². The van der Waals surface area contributed by atoms with E-state index in [1.807, 2.05) is 13.8 Å². The van der Waals surface area contributed by atoms with Gasteiger partial charge in [-0.2, -0.15) is 0 Å². The highest BCUT2D eigenvalue weighted by atomic mass is 35.5. The predicted molar refractivity (Wildman–Crippen MR) is 54.2 cm³/mol. The molecule has 2 aliphatic carbocycles. The molecule has 0 aromatic carbocycles. The van der Waals surface area contributed by atoms with Crippen LogP contribution in [0.25, 0.3) is 0 Å². The number of halogens is 4. The first-order valence-corrected chi connectivity index (χ1v) is 5.58. The molecule has 2 aliphatic rings. The minimum atomic E-state index is -0.579. The molecule has 0 heterocycles. The third-order valence-electron chi connectivity index (χ3n) is 3.35. The van der Waals surface area contributed by atoms with Crippen LogP contribution in [0.1, 0.15) is 13.8 Å².